The zero-order chi connectivity index (χ0) is 16.3. The van der Waals surface area contributed by atoms with Crippen molar-refractivity contribution in [1.82, 2.24) is 5.32 Å². The maximum absolute atomic E-state index is 10.2. The SMILES string of the molecule is CC(C)(C)c1cccc(C=NCCNCO)c1O.[O]=[V]=[O]. The third-order valence-electron chi connectivity index (χ3n) is 2.64. The predicted molar refractivity (Wildman–Crippen MR) is 75.7 cm³/mol. The molecule has 0 aliphatic heterocycles. The number of phenols is 1. The Bertz CT molecular complexity index is 492. The molecule has 21 heavy (non-hydrogen) atoms. The van der Waals surface area contributed by atoms with Gasteiger partial charge in [0.15, 0.2) is 0 Å². The van der Waals surface area contributed by atoms with Crippen molar-refractivity contribution in [2.45, 2.75) is 26.2 Å². The summed E-state index contributed by atoms with van der Waals surface area (Å²) in [5.41, 5.74) is 1.55. The first-order chi connectivity index (χ1) is 9.88. The molecule has 6 nitrogen and oxygen atoms in total. The van der Waals surface area contributed by atoms with E-state index in [2.05, 4.69) is 31.1 Å². The monoisotopic (exact) mass is 333 g/mol. The Morgan fingerprint density at radius 3 is 2.48 bits per heavy atom. The van der Waals surface area contributed by atoms with E-state index in [9.17, 15) is 5.11 Å². The molecule has 7 heteroatoms. The Morgan fingerprint density at radius 1 is 1.33 bits per heavy atom. The summed E-state index contributed by atoms with van der Waals surface area (Å²) in [5.74, 6) is 0.295. The Morgan fingerprint density at radius 2 is 1.95 bits per heavy atom. The van der Waals surface area contributed by atoms with E-state index < -0.39 is 16.2 Å². The zero-order valence-corrected chi connectivity index (χ0v) is 13.9. The maximum atomic E-state index is 10.2. The standard InChI is InChI=1S/C14H22N2O2.2O.V/c1-14(2,3)12-6-4-5-11(13(12)18)9-15-7-8-16-10-17;;;/h4-6,9,16-18H,7-8,10H2,1-3H3;;;. The average Bonchev–Trinajstić information content (AvgIpc) is 2.40. The minimum absolute atomic E-state index is 0.0414. The van der Waals surface area contributed by atoms with Crippen LogP contribution in [0.3, 0.4) is 0 Å². The van der Waals surface area contributed by atoms with E-state index in [-0.39, 0.29) is 12.1 Å². The number of hydrogen-bond donors (Lipinski definition) is 3. The molecule has 0 aromatic heterocycles. The minimum atomic E-state index is -1.81. The molecule has 1 aromatic carbocycles. The molecule has 0 aliphatic rings. The summed E-state index contributed by atoms with van der Waals surface area (Å²) in [6, 6.07) is 5.70. The van der Waals surface area contributed by atoms with E-state index in [0.29, 0.717) is 18.8 Å². The number of nitrogens with zero attached hydrogens (tertiary/aromatic N) is 1. The van der Waals surface area contributed by atoms with Crippen LogP contribution in [0.4, 0.5) is 0 Å². The topological polar surface area (TPSA) is 99.0 Å². The van der Waals surface area contributed by atoms with Crippen molar-refractivity contribution in [3.63, 3.8) is 0 Å². The van der Waals surface area contributed by atoms with Crippen molar-refractivity contribution in [1.29, 1.82) is 0 Å². The first kappa shape index (κ1) is 19.8. The van der Waals surface area contributed by atoms with E-state index in [4.69, 9.17) is 12.5 Å². The van der Waals surface area contributed by atoms with Crippen LogP contribution in [0.25, 0.3) is 0 Å². The Kier molecular flexibility index (Phi) is 9.91. The fourth-order valence-electron chi connectivity index (χ4n) is 1.66. The van der Waals surface area contributed by atoms with Gasteiger partial charge in [-0.05, 0) is 17.0 Å². The van der Waals surface area contributed by atoms with Gasteiger partial charge in [0.2, 0.25) is 0 Å². The van der Waals surface area contributed by atoms with Gasteiger partial charge < -0.3 is 10.2 Å². The fraction of sp³-hybridized carbons (Fsp3) is 0.500. The van der Waals surface area contributed by atoms with Crippen LogP contribution in [0.2, 0.25) is 0 Å². The molecule has 0 saturated carbocycles. The third-order valence-corrected chi connectivity index (χ3v) is 2.64. The second-order valence-electron chi connectivity index (χ2n) is 5.26. The molecular weight excluding hydrogens is 311 g/mol. The average molecular weight is 333 g/mol. The zero-order valence-electron chi connectivity index (χ0n) is 12.5. The molecule has 0 spiro atoms. The number of rotatable bonds is 5. The van der Waals surface area contributed by atoms with Crippen molar-refractivity contribution in [2.24, 2.45) is 4.99 Å². The van der Waals surface area contributed by atoms with Gasteiger partial charge in [0.25, 0.3) is 0 Å². The van der Waals surface area contributed by atoms with Crippen molar-refractivity contribution in [3.05, 3.63) is 29.3 Å². The second-order valence-corrected chi connectivity index (χ2v) is 5.49. The van der Waals surface area contributed by atoms with Gasteiger partial charge >= 0.3 is 23.5 Å². The molecule has 0 bridgehead atoms. The number of aliphatic hydroxyl groups is 1. The number of hydrogen-bond acceptors (Lipinski definition) is 6. The number of aliphatic imine (C=N–C) groups is 1. The molecule has 0 atom stereocenters. The summed E-state index contributed by atoms with van der Waals surface area (Å²) in [7, 11) is 0. The molecule has 117 valence electrons. The van der Waals surface area contributed by atoms with E-state index in [1.165, 1.54) is 0 Å². The van der Waals surface area contributed by atoms with Gasteiger partial charge in [-0.1, -0.05) is 32.9 Å². The van der Waals surface area contributed by atoms with Crippen molar-refractivity contribution in [3.8, 4) is 5.75 Å². The number of phenolic OH excluding ortho intramolecular Hbond substituents is 1. The van der Waals surface area contributed by atoms with Crippen LogP contribution in [-0.4, -0.2) is 36.2 Å². The molecule has 0 unspecified atom stereocenters. The van der Waals surface area contributed by atoms with Gasteiger partial charge in [-0.2, -0.15) is 0 Å². The van der Waals surface area contributed by atoms with Crippen LogP contribution in [0.5, 0.6) is 5.75 Å². The van der Waals surface area contributed by atoms with E-state index >= 15 is 0 Å². The number of benzene rings is 1. The number of para-hydroxylation sites is 1. The van der Waals surface area contributed by atoms with Crippen LogP contribution in [0.15, 0.2) is 23.2 Å². The van der Waals surface area contributed by atoms with Crippen molar-refractivity contribution in [2.75, 3.05) is 19.8 Å². The van der Waals surface area contributed by atoms with Crippen LogP contribution in [-0.2, 0) is 28.9 Å². The summed E-state index contributed by atoms with van der Waals surface area (Å²) >= 11 is -1.81. The fourth-order valence-corrected chi connectivity index (χ4v) is 1.66. The van der Waals surface area contributed by atoms with Gasteiger partial charge in [0.1, 0.15) is 5.75 Å². The molecule has 0 radical (unpaired) electrons. The third kappa shape index (κ3) is 7.97. The molecular formula is C14H22N2O4V. The van der Waals surface area contributed by atoms with Gasteiger partial charge in [0, 0.05) is 18.3 Å². The van der Waals surface area contributed by atoms with Crippen molar-refractivity contribution < 1.29 is 33.7 Å². The molecule has 0 heterocycles. The number of aliphatic hydroxyl groups excluding tert-OH is 1. The second kappa shape index (κ2) is 10.5. The summed E-state index contributed by atoms with van der Waals surface area (Å²) in [5, 5.41) is 21.5. The number of nitrogens with one attached hydrogen (secondary N) is 1. The molecule has 0 aliphatic carbocycles. The summed E-state index contributed by atoms with van der Waals surface area (Å²) in [6.07, 6.45) is 1.67. The quantitative estimate of drug-likeness (QED) is 0.430. The van der Waals surface area contributed by atoms with Crippen LogP contribution < -0.4 is 5.32 Å². The van der Waals surface area contributed by atoms with Crippen molar-refractivity contribution >= 4 is 6.21 Å². The molecule has 0 saturated heterocycles. The van der Waals surface area contributed by atoms with Crippen LogP contribution in [0, 0.1) is 0 Å². The van der Waals surface area contributed by atoms with Gasteiger partial charge in [-0.3, -0.25) is 10.3 Å². The normalized spacial score (nSPS) is 10.9. The Balaban J connectivity index is 0.00000122. The van der Waals surface area contributed by atoms with E-state index in [1.54, 1.807) is 6.21 Å². The van der Waals surface area contributed by atoms with Gasteiger partial charge in [-0.25, -0.2) is 0 Å². The van der Waals surface area contributed by atoms with Gasteiger partial charge in [0.05, 0.1) is 13.3 Å². The van der Waals surface area contributed by atoms with Crippen LogP contribution >= 0.6 is 0 Å². The molecule has 0 amide bonds. The summed E-state index contributed by atoms with van der Waals surface area (Å²) < 4.78 is 16.9. The molecule has 0 fully saturated rings. The molecule has 3 N–H and O–H groups in total. The summed E-state index contributed by atoms with van der Waals surface area (Å²) in [4.78, 5) is 4.20. The Hall–Kier alpha value is -1.21. The summed E-state index contributed by atoms with van der Waals surface area (Å²) in [6.45, 7) is 7.34. The number of aromatic hydroxyl groups is 1. The van der Waals surface area contributed by atoms with E-state index in [1.807, 2.05) is 18.2 Å². The molecule has 1 rings (SSSR count). The van der Waals surface area contributed by atoms with Crippen LogP contribution in [0.1, 0.15) is 31.9 Å². The van der Waals surface area contributed by atoms with E-state index in [0.717, 1.165) is 11.1 Å². The Labute approximate surface area is 131 Å². The first-order valence-electron chi connectivity index (χ1n) is 6.47. The predicted octanol–water partition coefficient (Wildman–Crippen LogP) is 1.41. The first-order valence-corrected chi connectivity index (χ1v) is 7.61. The van der Waals surface area contributed by atoms with Gasteiger partial charge in [-0.15, -0.1) is 0 Å². The molecule has 1 aromatic rings.